The number of rotatable bonds is 1. The lowest BCUT2D eigenvalue weighted by molar-refractivity contribution is -0.142. The number of nitriles is 1. The monoisotopic (exact) mass is 296 g/mol. The second-order valence-electron chi connectivity index (χ2n) is 4.38. The number of ether oxygens (including phenoxy) is 1. The molecule has 21 heavy (non-hydrogen) atoms. The second-order valence-corrected chi connectivity index (χ2v) is 4.38. The molecule has 3 heterocycles. The van der Waals surface area contributed by atoms with Gasteiger partial charge in [-0.15, -0.1) is 5.10 Å². The number of fused-ring (bicyclic) bond motifs is 1. The molecule has 0 aliphatic carbocycles. The zero-order chi connectivity index (χ0) is 15.2. The lowest BCUT2D eigenvalue weighted by Gasteiger charge is -2.26. The summed E-state index contributed by atoms with van der Waals surface area (Å²) in [6, 6.07) is 4.73. The van der Waals surface area contributed by atoms with Crippen molar-refractivity contribution >= 4 is 5.90 Å². The van der Waals surface area contributed by atoms with Crippen LogP contribution in [0.2, 0.25) is 0 Å². The summed E-state index contributed by atoms with van der Waals surface area (Å²) >= 11 is 0. The molecular weight excluding hydrogens is 289 g/mol. The Morgan fingerprint density at radius 2 is 2.19 bits per heavy atom. The maximum Gasteiger partial charge on any atom is 0.433 e. The quantitative estimate of drug-likeness (QED) is 0.845. The van der Waals surface area contributed by atoms with Crippen molar-refractivity contribution in [3.63, 3.8) is 0 Å². The van der Waals surface area contributed by atoms with Gasteiger partial charge in [-0.2, -0.15) is 18.4 Å². The molecule has 1 aliphatic heterocycles. The largest absolute Gasteiger partial charge is 0.469 e. The van der Waals surface area contributed by atoms with Crippen LogP contribution in [-0.4, -0.2) is 16.1 Å². The Morgan fingerprint density at radius 3 is 2.76 bits per heavy atom. The molecule has 6 nitrogen and oxygen atoms in total. The maximum absolute atomic E-state index is 13.1. The van der Waals surface area contributed by atoms with E-state index in [1.165, 1.54) is 18.4 Å². The van der Waals surface area contributed by atoms with Gasteiger partial charge in [-0.1, -0.05) is 0 Å². The van der Waals surface area contributed by atoms with Gasteiger partial charge in [0, 0.05) is 0 Å². The second kappa shape index (κ2) is 4.37. The van der Waals surface area contributed by atoms with Crippen LogP contribution in [0, 0.1) is 22.7 Å². The van der Waals surface area contributed by atoms with Gasteiger partial charge in [-0.3, -0.25) is 10.5 Å². The zero-order valence-corrected chi connectivity index (χ0v) is 10.2. The third-order valence-electron chi connectivity index (χ3n) is 3.17. The molecule has 0 bridgehead atoms. The Kier molecular flexibility index (Phi) is 2.76. The van der Waals surface area contributed by atoms with E-state index >= 15 is 0 Å². The molecule has 1 aliphatic rings. The Morgan fingerprint density at radius 1 is 1.43 bits per heavy atom. The molecule has 0 spiro atoms. The van der Waals surface area contributed by atoms with Gasteiger partial charge in [0.05, 0.1) is 23.8 Å². The van der Waals surface area contributed by atoms with Crippen molar-refractivity contribution in [2.75, 3.05) is 0 Å². The molecule has 0 fully saturated rings. The van der Waals surface area contributed by atoms with Crippen molar-refractivity contribution in [3.8, 4) is 11.9 Å². The van der Waals surface area contributed by atoms with E-state index in [2.05, 4.69) is 5.10 Å². The van der Waals surface area contributed by atoms with Crippen LogP contribution in [0.3, 0.4) is 0 Å². The fourth-order valence-corrected chi connectivity index (χ4v) is 2.31. The van der Waals surface area contributed by atoms with E-state index < -0.39 is 29.6 Å². The van der Waals surface area contributed by atoms with Crippen LogP contribution in [0.5, 0.6) is 5.88 Å². The molecule has 2 N–H and O–H groups in total. The van der Waals surface area contributed by atoms with Crippen LogP contribution in [0.4, 0.5) is 13.2 Å². The number of hydrogen-bond acceptors (Lipinski definition) is 5. The number of nitrogens with zero attached hydrogens (tertiary/aromatic N) is 2. The van der Waals surface area contributed by atoms with E-state index in [-0.39, 0.29) is 17.2 Å². The highest BCUT2D eigenvalue weighted by Crippen LogP contribution is 2.46. The number of furan rings is 1. The van der Waals surface area contributed by atoms with E-state index in [0.29, 0.717) is 0 Å². The summed E-state index contributed by atoms with van der Waals surface area (Å²) in [7, 11) is 0. The van der Waals surface area contributed by atoms with E-state index in [1.807, 2.05) is 5.10 Å². The Balaban J connectivity index is 2.24. The summed E-state index contributed by atoms with van der Waals surface area (Å²) in [6.07, 6.45) is -3.40. The van der Waals surface area contributed by atoms with Crippen molar-refractivity contribution in [2.45, 2.75) is 12.1 Å². The summed E-state index contributed by atoms with van der Waals surface area (Å²) in [5.41, 5.74) is -1.42. The minimum atomic E-state index is -4.69. The highest BCUT2D eigenvalue weighted by molar-refractivity contribution is 5.84. The first-order chi connectivity index (χ1) is 9.93. The molecule has 0 saturated heterocycles. The van der Waals surface area contributed by atoms with E-state index in [9.17, 15) is 13.2 Å². The van der Waals surface area contributed by atoms with Crippen LogP contribution in [0.1, 0.15) is 22.9 Å². The molecule has 0 saturated carbocycles. The highest BCUT2D eigenvalue weighted by Gasteiger charge is 2.48. The molecule has 0 aromatic carbocycles. The molecule has 2 aromatic rings. The van der Waals surface area contributed by atoms with Gasteiger partial charge in [0.25, 0.3) is 0 Å². The summed E-state index contributed by atoms with van der Waals surface area (Å²) in [4.78, 5) is 0. The standard InChI is InChI=1S/C12H7F3N4O2/c13-12(14,15)9-8-7(6-2-1-3-20-6)5(4-16)10(17)21-11(8)19-18-9/h1-3,5,7,17H,(H,18,19). The maximum atomic E-state index is 13.1. The normalized spacial score (nSPS) is 21.5. The minimum absolute atomic E-state index is 0.141. The number of hydrogen-bond donors (Lipinski definition) is 2. The molecule has 3 rings (SSSR count). The van der Waals surface area contributed by atoms with Gasteiger partial charge >= 0.3 is 6.18 Å². The Hall–Kier alpha value is -2.76. The van der Waals surface area contributed by atoms with Crippen LogP contribution in [0.25, 0.3) is 0 Å². The number of alkyl halides is 3. The smallest absolute Gasteiger partial charge is 0.433 e. The fraction of sp³-hybridized carbons (Fsp3) is 0.250. The molecule has 2 aromatic heterocycles. The first-order valence-corrected chi connectivity index (χ1v) is 5.78. The summed E-state index contributed by atoms with van der Waals surface area (Å²) in [5, 5.41) is 22.1. The summed E-state index contributed by atoms with van der Waals surface area (Å²) in [6.45, 7) is 0. The third kappa shape index (κ3) is 1.96. The van der Waals surface area contributed by atoms with E-state index in [0.717, 1.165) is 0 Å². The molecule has 108 valence electrons. The lowest BCUT2D eigenvalue weighted by atomic mass is 9.82. The molecule has 0 radical (unpaired) electrons. The van der Waals surface area contributed by atoms with Crippen molar-refractivity contribution in [1.29, 1.82) is 10.7 Å². The summed E-state index contributed by atoms with van der Waals surface area (Å²) in [5.74, 6) is -3.01. The van der Waals surface area contributed by atoms with Crippen LogP contribution in [0.15, 0.2) is 22.8 Å². The number of aromatic amines is 1. The molecular formula is C12H7F3N4O2. The topological polar surface area (TPSA) is 98.7 Å². The fourth-order valence-electron chi connectivity index (χ4n) is 2.31. The molecule has 2 atom stereocenters. The van der Waals surface area contributed by atoms with Gasteiger partial charge in [0.2, 0.25) is 11.8 Å². The van der Waals surface area contributed by atoms with E-state index in [4.69, 9.17) is 19.8 Å². The van der Waals surface area contributed by atoms with Crippen molar-refractivity contribution in [1.82, 2.24) is 10.2 Å². The molecule has 2 unspecified atom stereocenters. The van der Waals surface area contributed by atoms with Crippen LogP contribution >= 0.6 is 0 Å². The van der Waals surface area contributed by atoms with E-state index in [1.54, 1.807) is 6.07 Å². The van der Waals surface area contributed by atoms with Gasteiger partial charge < -0.3 is 9.15 Å². The van der Waals surface area contributed by atoms with Crippen molar-refractivity contribution < 1.29 is 22.3 Å². The first kappa shape index (κ1) is 13.2. The van der Waals surface area contributed by atoms with Crippen molar-refractivity contribution in [3.05, 3.63) is 35.4 Å². The van der Waals surface area contributed by atoms with Gasteiger partial charge in [0.15, 0.2) is 0 Å². The van der Waals surface area contributed by atoms with Gasteiger partial charge in [-0.05, 0) is 12.1 Å². The summed E-state index contributed by atoms with van der Waals surface area (Å²) < 4.78 is 49.2. The predicted molar refractivity (Wildman–Crippen MR) is 61.6 cm³/mol. The first-order valence-electron chi connectivity index (χ1n) is 5.78. The highest BCUT2D eigenvalue weighted by atomic mass is 19.4. The van der Waals surface area contributed by atoms with Crippen LogP contribution < -0.4 is 4.74 Å². The predicted octanol–water partition coefficient (Wildman–Crippen LogP) is 2.66. The Labute approximate surface area is 115 Å². The van der Waals surface area contributed by atoms with Gasteiger partial charge in [0.1, 0.15) is 17.4 Å². The Bertz CT molecular complexity index is 727. The number of nitrogens with one attached hydrogen (secondary N) is 2. The number of aromatic nitrogens is 2. The molecule has 0 amide bonds. The average Bonchev–Trinajstić information content (AvgIpc) is 3.04. The molecule has 9 heteroatoms. The zero-order valence-electron chi connectivity index (χ0n) is 10.2. The van der Waals surface area contributed by atoms with Crippen molar-refractivity contribution in [2.24, 2.45) is 5.92 Å². The third-order valence-corrected chi connectivity index (χ3v) is 3.17. The lowest BCUT2D eigenvalue weighted by Crippen LogP contribution is -2.31. The average molecular weight is 296 g/mol. The number of halogens is 3. The number of H-pyrrole nitrogens is 1. The SMILES string of the molecule is N#CC1C(=N)Oc2n[nH]c(C(F)(F)F)c2C1c1ccco1. The minimum Gasteiger partial charge on any atom is -0.469 e. The van der Waals surface area contributed by atoms with Crippen LogP contribution in [-0.2, 0) is 6.18 Å². The van der Waals surface area contributed by atoms with Gasteiger partial charge in [-0.25, -0.2) is 0 Å².